The Morgan fingerprint density at radius 2 is 1.91 bits per heavy atom. The monoisotopic (exact) mass is 347 g/mol. The molecule has 1 fully saturated rings. The molecule has 8 heteroatoms. The third-order valence-corrected chi connectivity index (χ3v) is 5.88. The molecule has 1 atom stereocenters. The number of sulfone groups is 1. The fraction of sp³-hybridized carbons (Fsp3) is 0.571. The Labute approximate surface area is 131 Å². The third kappa shape index (κ3) is 4.96. The van der Waals surface area contributed by atoms with E-state index < -0.39 is 19.9 Å². The maximum atomic E-state index is 12.2. The van der Waals surface area contributed by atoms with Gasteiger partial charge in [0.2, 0.25) is 10.0 Å². The van der Waals surface area contributed by atoms with Crippen molar-refractivity contribution >= 4 is 25.5 Å². The lowest BCUT2D eigenvalue weighted by molar-refractivity contribution is 0.0306. The minimum atomic E-state index is -3.58. The summed E-state index contributed by atoms with van der Waals surface area (Å²) in [6.07, 6.45) is 3.44. The number of aryl methyl sites for hydroxylation is 1. The van der Waals surface area contributed by atoms with Crippen LogP contribution in [0.25, 0.3) is 0 Å². The van der Waals surface area contributed by atoms with Crippen molar-refractivity contribution in [3.05, 3.63) is 23.8 Å². The molecular formula is C14H21NO5S2. The van der Waals surface area contributed by atoms with Crippen LogP contribution in [0.2, 0.25) is 0 Å². The largest absolute Gasteiger partial charge is 0.377 e. The molecule has 1 heterocycles. The van der Waals surface area contributed by atoms with Gasteiger partial charge in [-0.1, -0.05) is 0 Å². The van der Waals surface area contributed by atoms with Gasteiger partial charge in [0.15, 0.2) is 9.84 Å². The molecule has 0 aliphatic carbocycles. The Hall–Kier alpha value is -1.12. The van der Waals surface area contributed by atoms with Crippen LogP contribution in [0, 0.1) is 6.92 Å². The SMILES string of the molecule is Cc1cc(NS(=O)(=O)CC2CCCCO2)cc(S(C)(=O)=O)c1. The summed E-state index contributed by atoms with van der Waals surface area (Å²) in [5.74, 6) is -0.116. The first kappa shape index (κ1) is 17.2. The molecule has 1 unspecified atom stereocenters. The van der Waals surface area contributed by atoms with Crippen LogP contribution >= 0.6 is 0 Å². The fourth-order valence-corrected chi connectivity index (χ4v) is 4.48. The average Bonchev–Trinajstić information content (AvgIpc) is 2.36. The normalized spacial score (nSPS) is 19.8. The van der Waals surface area contributed by atoms with Gasteiger partial charge in [0.25, 0.3) is 0 Å². The average molecular weight is 347 g/mol. The van der Waals surface area contributed by atoms with E-state index in [9.17, 15) is 16.8 Å². The minimum Gasteiger partial charge on any atom is -0.377 e. The zero-order chi connectivity index (χ0) is 16.4. The van der Waals surface area contributed by atoms with Crippen molar-refractivity contribution in [2.75, 3.05) is 23.3 Å². The van der Waals surface area contributed by atoms with Gasteiger partial charge < -0.3 is 4.74 Å². The molecule has 0 bridgehead atoms. The predicted octanol–water partition coefficient (Wildman–Crippen LogP) is 1.71. The van der Waals surface area contributed by atoms with Crippen molar-refractivity contribution in [2.45, 2.75) is 37.2 Å². The molecule has 124 valence electrons. The predicted molar refractivity (Wildman–Crippen MR) is 85.3 cm³/mol. The van der Waals surface area contributed by atoms with Crippen LogP contribution < -0.4 is 4.72 Å². The number of rotatable bonds is 5. The number of ether oxygens (including phenoxy) is 1. The third-order valence-electron chi connectivity index (χ3n) is 3.43. The van der Waals surface area contributed by atoms with Gasteiger partial charge in [0.1, 0.15) is 0 Å². The van der Waals surface area contributed by atoms with Gasteiger partial charge in [-0.2, -0.15) is 0 Å². The fourth-order valence-electron chi connectivity index (χ4n) is 2.43. The summed E-state index contributed by atoms with van der Waals surface area (Å²) in [6.45, 7) is 2.31. The Morgan fingerprint density at radius 3 is 2.50 bits per heavy atom. The van der Waals surface area contributed by atoms with Crippen LogP contribution in [0.5, 0.6) is 0 Å². The van der Waals surface area contributed by atoms with E-state index in [-0.39, 0.29) is 22.4 Å². The number of hydrogen-bond acceptors (Lipinski definition) is 5. The topological polar surface area (TPSA) is 89.5 Å². The Balaban J connectivity index is 2.16. The van der Waals surface area contributed by atoms with E-state index in [0.29, 0.717) is 12.2 Å². The summed E-state index contributed by atoms with van der Waals surface area (Å²) >= 11 is 0. The molecular weight excluding hydrogens is 326 g/mol. The molecule has 1 saturated heterocycles. The zero-order valence-corrected chi connectivity index (χ0v) is 14.3. The second-order valence-corrected chi connectivity index (χ2v) is 9.46. The maximum absolute atomic E-state index is 12.2. The summed E-state index contributed by atoms with van der Waals surface area (Å²) in [7, 11) is -6.97. The van der Waals surface area contributed by atoms with Crippen molar-refractivity contribution in [1.82, 2.24) is 0 Å². The van der Waals surface area contributed by atoms with Gasteiger partial charge in [0, 0.05) is 12.9 Å². The molecule has 6 nitrogen and oxygen atoms in total. The molecule has 2 rings (SSSR count). The number of hydrogen-bond donors (Lipinski definition) is 1. The molecule has 0 saturated carbocycles. The highest BCUT2D eigenvalue weighted by Crippen LogP contribution is 2.21. The highest BCUT2D eigenvalue weighted by Gasteiger charge is 2.22. The van der Waals surface area contributed by atoms with Crippen LogP contribution in [0.4, 0.5) is 5.69 Å². The molecule has 1 N–H and O–H groups in total. The standard InChI is InChI=1S/C14H21NO5S2/c1-11-7-12(9-14(8-11)21(2,16)17)15-22(18,19)10-13-5-3-4-6-20-13/h7-9,13,15H,3-6,10H2,1-2H3. The molecule has 1 aromatic rings. The lowest BCUT2D eigenvalue weighted by Crippen LogP contribution is -2.30. The van der Waals surface area contributed by atoms with Crippen molar-refractivity contribution in [2.24, 2.45) is 0 Å². The number of sulfonamides is 1. The van der Waals surface area contributed by atoms with Gasteiger partial charge in [-0.25, -0.2) is 16.8 Å². The van der Waals surface area contributed by atoms with Crippen molar-refractivity contribution in [1.29, 1.82) is 0 Å². The van der Waals surface area contributed by atoms with Crippen LogP contribution in [-0.2, 0) is 24.6 Å². The molecule has 0 amide bonds. The molecule has 1 aromatic carbocycles. The summed E-state index contributed by atoms with van der Waals surface area (Å²) in [4.78, 5) is 0.0964. The molecule has 1 aliphatic heterocycles. The van der Waals surface area contributed by atoms with E-state index in [0.717, 1.165) is 25.5 Å². The van der Waals surface area contributed by atoms with Crippen LogP contribution in [0.3, 0.4) is 0 Å². The first-order valence-corrected chi connectivity index (χ1v) is 10.6. The summed E-state index contributed by atoms with van der Waals surface area (Å²) in [5, 5.41) is 0. The van der Waals surface area contributed by atoms with Crippen LogP contribution in [0.1, 0.15) is 24.8 Å². The Kier molecular flexibility index (Phi) is 5.14. The lowest BCUT2D eigenvalue weighted by Gasteiger charge is -2.22. The number of anilines is 1. The van der Waals surface area contributed by atoms with Crippen molar-refractivity contribution < 1.29 is 21.6 Å². The van der Waals surface area contributed by atoms with E-state index in [1.807, 2.05) is 0 Å². The molecule has 0 spiro atoms. The summed E-state index contributed by atoms with van der Waals surface area (Å²) in [5.41, 5.74) is 0.936. The molecule has 22 heavy (non-hydrogen) atoms. The maximum Gasteiger partial charge on any atom is 0.235 e. The number of nitrogens with one attached hydrogen (secondary N) is 1. The Morgan fingerprint density at radius 1 is 1.18 bits per heavy atom. The Bertz CT molecular complexity index is 734. The molecule has 0 radical (unpaired) electrons. The zero-order valence-electron chi connectivity index (χ0n) is 12.7. The van der Waals surface area contributed by atoms with E-state index >= 15 is 0 Å². The van der Waals surface area contributed by atoms with E-state index in [1.54, 1.807) is 13.0 Å². The first-order chi connectivity index (χ1) is 10.2. The van der Waals surface area contributed by atoms with E-state index in [4.69, 9.17) is 4.74 Å². The molecule has 0 aromatic heterocycles. The second-order valence-electron chi connectivity index (χ2n) is 5.68. The van der Waals surface area contributed by atoms with Gasteiger partial charge in [-0.15, -0.1) is 0 Å². The summed E-state index contributed by atoms with van der Waals surface area (Å²) in [6, 6.07) is 4.45. The van der Waals surface area contributed by atoms with E-state index in [2.05, 4.69) is 4.72 Å². The van der Waals surface area contributed by atoms with Crippen LogP contribution in [-0.4, -0.2) is 41.6 Å². The first-order valence-electron chi connectivity index (χ1n) is 7.09. The smallest absolute Gasteiger partial charge is 0.235 e. The molecule has 1 aliphatic rings. The van der Waals surface area contributed by atoms with Gasteiger partial charge >= 0.3 is 0 Å². The number of benzene rings is 1. The van der Waals surface area contributed by atoms with Gasteiger partial charge in [-0.05, 0) is 49.9 Å². The highest BCUT2D eigenvalue weighted by molar-refractivity contribution is 7.92. The van der Waals surface area contributed by atoms with Crippen molar-refractivity contribution in [3.63, 3.8) is 0 Å². The minimum absolute atomic E-state index is 0.0964. The van der Waals surface area contributed by atoms with E-state index in [1.165, 1.54) is 12.1 Å². The lowest BCUT2D eigenvalue weighted by atomic mass is 10.1. The quantitative estimate of drug-likeness (QED) is 0.876. The second kappa shape index (κ2) is 6.55. The van der Waals surface area contributed by atoms with Crippen LogP contribution in [0.15, 0.2) is 23.1 Å². The van der Waals surface area contributed by atoms with Crippen molar-refractivity contribution in [3.8, 4) is 0 Å². The van der Waals surface area contributed by atoms with Gasteiger partial charge in [0.05, 0.1) is 22.4 Å². The van der Waals surface area contributed by atoms with Gasteiger partial charge in [-0.3, -0.25) is 4.72 Å². The highest BCUT2D eigenvalue weighted by atomic mass is 32.2. The summed E-state index contributed by atoms with van der Waals surface area (Å²) < 4.78 is 55.5.